The predicted octanol–water partition coefficient (Wildman–Crippen LogP) is 7.19. The summed E-state index contributed by atoms with van der Waals surface area (Å²) < 4.78 is 46.3. The Morgan fingerprint density at radius 3 is 2.36 bits per heavy atom. The zero-order valence-corrected chi connectivity index (χ0v) is 16.5. The average molecular weight is 390 g/mol. The molecule has 0 saturated heterocycles. The number of rotatable bonds is 8. The zero-order valence-electron chi connectivity index (χ0n) is 16.5. The Bertz CT molecular complexity index is 749. The Hall–Kier alpha value is -1.97. The van der Waals surface area contributed by atoms with Crippen LogP contribution in [0.1, 0.15) is 56.6 Å². The number of hydrogen-bond donors (Lipinski definition) is 0. The molecule has 0 N–H and O–H groups in total. The maximum Gasteiger partial charge on any atom is 0.248 e. The van der Waals surface area contributed by atoms with Gasteiger partial charge in [0, 0.05) is 18.4 Å². The molecule has 1 unspecified atom stereocenters. The lowest BCUT2D eigenvalue weighted by Gasteiger charge is -2.29. The van der Waals surface area contributed by atoms with E-state index in [9.17, 15) is 13.2 Å². The first kappa shape index (κ1) is 20.8. The number of benzene rings is 2. The Morgan fingerprint density at radius 1 is 1.00 bits per heavy atom. The molecule has 1 nitrogen and oxygen atoms in total. The second kappa shape index (κ2) is 9.49. The van der Waals surface area contributed by atoms with Crippen molar-refractivity contribution in [3.05, 3.63) is 65.5 Å². The second-order valence-corrected chi connectivity index (χ2v) is 8.17. The fraction of sp³-hybridized carbons (Fsp3) is 0.500. The average Bonchev–Trinajstić information content (AvgIpc) is 2.68. The Balaban J connectivity index is 1.50. The highest BCUT2D eigenvalue weighted by Gasteiger charge is 2.35. The van der Waals surface area contributed by atoms with E-state index in [2.05, 4.69) is 6.92 Å². The minimum atomic E-state index is -2.45. The second-order valence-electron chi connectivity index (χ2n) is 8.17. The maximum atomic E-state index is 13.8. The number of ether oxygens (including phenoxy) is 1. The van der Waals surface area contributed by atoms with Crippen molar-refractivity contribution in [3.8, 4) is 5.75 Å². The van der Waals surface area contributed by atoms with Gasteiger partial charge in [0.05, 0.1) is 0 Å². The first-order valence-corrected chi connectivity index (χ1v) is 10.2. The molecule has 1 aliphatic rings. The minimum absolute atomic E-state index is 0.0388. The van der Waals surface area contributed by atoms with Crippen LogP contribution >= 0.6 is 0 Å². The molecule has 0 amide bonds. The van der Waals surface area contributed by atoms with Crippen LogP contribution in [0.2, 0.25) is 0 Å². The van der Waals surface area contributed by atoms with Gasteiger partial charge in [0.25, 0.3) is 0 Å². The van der Waals surface area contributed by atoms with Crippen molar-refractivity contribution in [2.24, 2.45) is 11.8 Å². The summed E-state index contributed by atoms with van der Waals surface area (Å²) in [6, 6.07) is 14.5. The third kappa shape index (κ3) is 6.02. The minimum Gasteiger partial charge on any atom is -0.489 e. The summed E-state index contributed by atoms with van der Waals surface area (Å²) in [5.41, 5.74) is 1.65. The number of aryl methyl sites for hydroxylation is 1. The molecule has 1 atom stereocenters. The van der Waals surface area contributed by atoms with Crippen LogP contribution in [0.15, 0.2) is 48.5 Å². The van der Waals surface area contributed by atoms with Crippen LogP contribution in [0.4, 0.5) is 13.2 Å². The molecular weight excluding hydrogens is 361 g/mol. The maximum absolute atomic E-state index is 13.8. The van der Waals surface area contributed by atoms with E-state index in [0.29, 0.717) is 30.2 Å². The lowest BCUT2D eigenvalue weighted by molar-refractivity contribution is -0.0479. The van der Waals surface area contributed by atoms with Gasteiger partial charge in [0.15, 0.2) is 0 Å². The standard InChI is InChI=1S/C24H29F3O/c1-18(16-19-12-14-24(26,27)15-13-19)10-11-20-6-3-5-9-23(20)28-17-21-7-2-4-8-22(21)25/h2-9,18-19H,10-17H2,1H3. The van der Waals surface area contributed by atoms with Crippen molar-refractivity contribution < 1.29 is 17.9 Å². The first-order valence-electron chi connectivity index (χ1n) is 10.2. The van der Waals surface area contributed by atoms with Gasteiger partial charge in [-0.3, -0.25) is 0 Å². The van der Waals surface area contributed by atoms with Gasteiger partial charge in [-0.1, -0.05) is 43.3 Å². The van der Waals surface area contributed by atoms with Crippen molar-refractivity contribution in [1.29, 1.82) is 0 Å². The quantitative estimate of drug-likeness (QED) is 0.463. The highest BCUT2D eigenvalue weighted by atomic mass is 19.3. The lowest BCUT2D eigenvalue weighted by atomic mass is 9.80. The molecule has 0 heterocycles. The summed E-state index contributed by atoms with van der Waals surface area (Å²) in [5, 5.41) is 0. The molecule has 0 bridgehead atoms. The van der Waals surface area contributed by atoms with Gasteiger partial charge in [0.2, 0.25) is 5.92 Å². The van der Waals surface area contributed by atoms with Gasteiger partial charge < -0.3 is 4.74 Å². The van der Waals surface area contributed by atoms with Gasteiger partial charge in [-0.15, -0.1) is 0 Å². The third-order valence-corrected chi connectivity index (χ3v) is 5.79. The van der Waals surface area contributed by atoms with Gasteiger partial charge in [0.1, 0.15) is 18.2 Å². The molecule has 0 spiro atoms. The van der Waals surface area contributed by atoms with Crippen LogP contribution in [-0.2, 0) is 13.0 Å². The molecule has 0 radical (unpaired) electrons. The van der Waals surface area contributed by atoms with Crippen LogP contribution in [0.5, 0.6) is 5.75 Å². The Labute approximate surface area is 165 Å². The van der Waals surface area contributed by atoms with E-state index in [0.717, 1.165) is 30.6 Å². The number of hydrogen-bond acceptors (Lipinski definition) is 1. The molecule has 0 aromatic heterocycles. The molecule has 2 aromatic carbocycles. The van der Waals surface area contributed by atoms with E-state index in [1.165, 1.54) is 6.07 Å². The van der Waals surface area contributed by atoms with E-state index in [-0.39, 0.29) is 25.3 Å². The molecule has 1 saturated carbocycles. The molecule has 152 valence electrons. The molecule has 1 fully saturated rings. The van der Waals surface area contributed by atoms with Gasteiger partial charge in [-0.2, -0.15) is 0 Å². The Morgan fingerprint density at radius 2 is 1.64 bits per heavy atom. The lowest BCUT2D eigenvalue weighted by Crippen LogP contribution is -2.25. The monoisotopic (exact) mass is 390 g/mol. The normalized spacial score (nSPS) is 18.0. The van der Waals surface area contributed by atoms with Crippen LogP contribution < -0.4 is 4.74 Å². The topological polar surface area (TPSA) is 9.23 Å². The Kier molecular flexibility index (Phi) is 7.03. The molecule has 28 heavy (non-hydrogen) atoms. The molecule has 4 heteroatoms. The first-order chi connectivity index (χ1) is 13.4. The summed E-state index contributed by atoms with van der Waals surface area (Å²) >= 11 is 0. The van der Waals surface area contributed by atoms with E-state index in [1.807, 2.05) is 24.3 Å². The summed E-state index contributed by atoms with van der Waals surface area (Å²) in [6.07, 6.45) is 4.23. The molecule has 0 aliphatic heterocycles. The summed E-state index contributed by atoms with van der Waals surface area (Å²) in [7, 11) is 0. The smallest absolute Gasteiger partial charge is 0.248 e. The van der Waals surface area contributed by atoms with E-state index >= 15 is 0 Å². The molecule has 1 aliphatic carbocycles. The number of para-hydroxylation sites is 1. The third-order valence-electron chi connectivity index (χ3n) is 5.79. The molecule has 3 rings (SSSR count). The van der Waals surface area contributed by atoms with E-state index < -0.39 is 5.92 Å². The molecular formula is C24H29F3O. The highest BCUT2D eigenvalue weighted by Crippen LogP contribution is 2.39. The van der Waals surface area contributed by atoms with Crippen LogP contribution in [0.3, 0.4) is 0 Å². The molecule has 2 aromatic rings. The fourth-order valence-corrected chi connectivity index (χ4v) is 4.05. The zero-order chi connectivity index (χ0) is 20.0. The van der Waals surface area contributed by atoms with Crippen molar-refractivity contribution in [3.63, 3.8) is 0 Å². The summed E-state index contributed by atoms with van der Waals surface area (Å²) in [4.78, 5) is 0. The highest BCUT2D eigenvalue weighted by molar-refractivity contribution is 5.33. The number of alkyl halides is 2. The van der Waals surface area contributed by atoms with Crippen molar-refractivity contribution in [1.82, 2.24) is 0 Å². The summed E-state index contributed by atoms with van der Waals surface area (Å²) in [5.74, 6) is -1.02. The van der Waals surface area contributed by atoms with Crippen LogP contribution in [-0.4, -0.2) is 5.92 Å². The van der Waals surface area contributed by atoms with E-state index in [1.54, 1.807) is 18.2 Å². The number of halogens is 3. The van der Waals surface area contributed by atoms with Gasteiger partial charge >= 0.3 is 0 Å². The largest absolute Gasteiger partial charge is 0.489 e. The van der Waals surface area contributed by atoms with Crippen molar-refractivity contribution in [2.45, 2.75) is 64.4 Å². The van der Waals surface area contributed by atoms with E-state index in [4.69, 9.17) is 4.74 Å². The van der Waals surface area contributed by atoms with Crippen molar-refractivity contribution in [2.75, 3.05) is 0 Å². The summed E-state index contributed by atoms with van der Waals surface area (Å²) in [6.45, 7) is 2.41. The van der Waals surface area contributed by atoms with Crippen LogP contribution in [0.25, 0.3) is 0 Å². The predicted molar refractivity (Wildman–Crippen MR) is 106 cm³/mol. The van der Waals surface area contributed by atoms with Gasteiger partial charge in [-0.05, 0) is 61.6 Å². The SMILES string of the molecule is CC(CCc1ccccc1OCc1ccccc1F)CC1CCC(F)(F)CC1. The van der Waals surface area contributed by atoms with Crippen LogP contribution in [0, 0.1) is 17.7 Å². The van der Waals surface area contributed by atoms with Gasteiger partial charge in [-0.25, -0.2) is 13.2 Å². The van der Waals surface area contributed by atoms with Crippen molar-refractivity contribution >= 4 is 0 Å². The fourth-order valence-electron chi connectivity index (χ4n) is 4.05.